The molecule has 0 aliphatic carbocycles. The van der Waals surface area contributed by atoms with E-state index in [0.29, 0.717) is 6.42 Å². The quantitative estimate of drug-likeness (QED) is 0.280. The summed E-state index contributed by atoms with van der Waals surface area (Å²) in [5, 5.41) is 18.5. The summed E-state index contributed by atoms with van der Waals surface area (Å²) in [5.41, 5.74) is 0. The summed E-state index contributed by atoms with van der Waals surface area (Å²) >= 11 is 0. The smallest absolute Gasteiger partial charge is 0.303 e. The fourth-order valence-corrected chi connectivity index (χ4v) is 2.50. The van der Waals surface area contributed by atoms with Crippen molar-refractivity contribution in [3.05, 3.63) is 36.5 Å². The van der Waals surface area contributed by atoms with E-state index in [0.717, 1.165) is 25.7 Å². The molecule has 0 aromatic heterocycles. The summed E-state index contributed by atoms with van der Waals surface area (Å²) in [6.07, 6.45) is 19.8. The number of allylic oxidation sites excluding steroid dienone is 4. The molecule has 2 N–H and O–H groups in total. The molecule has 0 unspecified atom stereocenters. The van der Waals surface area contributed by atoms with Gasteiger partial charge in [0.25, 0.3) is 0 Å². The van der Waals surface area contributed by atoms with Gasteiger partial charge in [-0.25, -0.2) is 0 Å². The number of carboxylic acid groups (broad SMARTS) is 1. The first kappa shape index (κ1) is 20.7. The highest BCUT2D eigenvalue weighted by Crippen LogP contribution is 2.29. The molecule has 1 rings (SSSR count). The van der Waals surface area contributed by atoms with E-state index in [4.69, 9.17) is 9.84 Å². The van der Waals surface area contributed by atoms with Crippen LogP contribution in [0.1, 0.15) is 64.7 Å². The van der Waals surface area contributed by atoms with Crippen LogP contribution in [-0.4, -0.2) is 34.5 Å². The third-order valence-corrected chi connectivity index (χ3v) is 4.00. The average Bonchev–Trinajstić information content (AvgIpc) is 3.32. The molecular formula is C20H32O4. The van der Waals surface area contributed by atoms with Gasteiger partial charge in [0.05, 0.1) is 6.10 Å². The van der Waals surface area contributed by atoms with E-state index in [9.17, 15) is 9.90 Å². The molecule has 3 atom stereocenters. The maximum atomic E-state index is 10.4. The molecule has 0 spiro atoms. The van der Waals surface area contributed by atoms with Crippen LogP contribution in [0.15, 0.2) is 36.5 Å². The zero-order valence-corrected chi connectivity index (χ0v) is 14.8. The molecule has 24 heavy (non-hydrogen) atoms. The number of unbranched alkanes of at least 4 members (excludes halogenated alkanes) is 4. The van der Waals surface area contributed by atoms with Gasteiger partial charge in [-0.3, -0.25) is 4.79 Å². The maximum Gasteiger partial charge on any atom is 0.303 e. The summed E-state index contributed by atoms with van der Waals surface area (Å²) < 4.78 is 5.48. The molecule has 0 amide bonds. The largest absolute Gasteiger partial charge is 0.481 e. The van der Waals surface area contributed by atoms with E-state index in [-0.39, 0.29) is 18.6 Å². The van der Waals surface area contributed by atoms with Crippen molar-refractivity contribution in [2.45, 2.75) is 83.0 Å². The minimum Gasteiger partial charge on any atom is -0.481 e. The maximum absolute atomic E-state index is 10.4. The van der Waals surface area contributed by atoms with Gasteiger partial charge in [0.1, 0.15) is 12.2 Å². The molecule has 1 aliphatic heterocycles. The number of epoxide rings is 1. The topological polar surface area (TPSA) is 70.1 Å². The number of aliphatic hydroxyl groups is 1. The second-order valence-corrected chi connectivity index (χ2v) is 6.25. The Labute approximate surface area is 145 Å². The molecule has 136 valence electrons. The van der Waals surface area contributed by atoms with Crippen LogP contribution in [0.4, 0.5) is 0 Å². The number of carboxylic acids is 1. The third kappa shape index (κ3) is 10.4. The Kier molecular flexibility index (Phi) is 11.2. The van der Waals surface area contributed by atoms with Gasteiger partial charge < -0.3 is 14.9 Å². The summed E-state index contributed by atoms with van der Waals surface area (Å²) in [7, 11) is 0. The van der Waals surface area contributed by atoms with Crippen molar-refractivity contribution >= 4 is 5.97 Å². The number of aliphatic carboxylic acids is 1. The first-order valence-corrected chi connectivity index (χ1v) is 9.17. The van der Waals surface area contributed by atoms with E-state index in [1.54, 1.807) is 0 Å². The van der Waals surface area contributed by atoms with Gasteiger partial charge in [0, 0.05) is 6.42 Å². The van der Waals surface area contributed by atoms with Crippen LogP contribution in [0.2, 0.25) is 0 Å². The monoisotopic (exact) mass is 336 g/mol. The summed E-state index contributed by atoms with van der Waals surface area (Å²) in [4.78, 5) is 10.4. The molecular weight excluding hydrogens is 304 g/mol. The third-order valence-electron chi connectivity index (χ3n) is 4.00. The summed E-state index contributed by atoms with van der Waals surface area (Å²) in [6.45, 7) is 2.20. The van der Waals surface area contributed by atoms with Gasteiger partial charge in [-0.15, -0.1) is 0 Å². The predicted octanol–water partition coefficient (Wildman–Crippen LogP) is 4.40. The molecule has 1 heterocycles. The van der Waals surface area contributed by atoms with E-state index < -0.39 is 12.1 Å². The number of hydrogen-bond acceptors (Lipinski definition) is 3. The number of aliphatic hydroxyl groups excluding tert-OH is 1. The van der Waals surface area contributed by atoms with Crippen LogP contribution in [0, 0.1) is 0 Å². The van der Waals surface area contributed by atoms with Crippen LogP contribution >= 0.6 is 0 Å². The normalized spacial score (nSPS) is 21.9. The standard InChI is InChI=1S/C20H32O4/c1-2-3-4-5-6-7-8-11-14-17(21)20-18(24-20)15-12-9-10-13-16-19(22)23/h6-7,9,11-12,14,17-18,20-21H,2-5,8,10,13,15-16H2,1H3,(H,22,23)/b7-6-,12-9-,14-11-/t17-,18-,20+/m0/s1. The first-order chi connectivity index (χ1) is 11.6. The lowest BCUT2D eigenvalue weighted by atomic mass is 10.1. The summed E-state index contributed by atoms with van der Waals surface area (Å²) in [5.74, 6) is -0.750. The van der Waals surface area contributed by atoms with Crippen molar-refractivity contribution in [1.82, 2.24) is 0 Å². The van der Waals surface area contributed by atoms with Gasteiger partial charge in [-0.1, -0.05) is 56.2 Å². The number of carbonyl (C=O) groups is 1. The molecule has 0 saturated carbocycles. The number of ether oxygens (including phenoxy) is 1. The van der Waals surface area contributed by atoms with Gasteiger partial charge >= 0.3 is 5.97 Å². The molecule has 4 nitrogen and oxygen atoms in total. The number of hydrogen-bond donors (Lipinski definition) is 2. The minimum absolute atomic E-state index is 0.0879. The van der Waals surface area contributed by atoms with Crippen molar-refractivity contribution in [3.8, 4) is 0 Å². The van der Waals surface area contributed by atoms with Crippen LogP contribution < -0.4 is 0 Å². The highest BCUT2D eigenvalue weighted by molar-refractivity contribution is 5.66. The fraction of sp³-hybridized carbons (Fsp3) is 0.650. The molecule has 1 fully saturated rings. The Morgan fingerprint density at radius 1 is 1.08 bits per heavy atom. The molecule has 0 radical (unpaired) electrons. The van der Waals surface area contributed by atoms with Crippen LogP contribution in [0.25, 0.3) is 0 Å². The van der Waals surface area contributed by atoms with Gasteiger partial charge in [0.15, 0.2) is 0 Å². The van der Waals surface area contributed by atoms with Crippen LogP contribution in [-0.2, 0) is 9.53 Å². The van der Waals surface area contributed by atoms with E-state index >= 15 is 0 Å². The minimum atomic E-state index is -0.750. The molecule has 0 bridgehead atoms. The zero-order valence-electron chi connectivity index (χ0n) is 14.8. The van der Waals surface area contributed by atoms with Crippen LogP contribution in [0.3, 0.4) is 0 Å². The van der Waals surface area contributed by atoms with Crippen molar-refractivity contribution in [3.63, 3.8) is 0 Å². The van der Waals surface area contributed by atoms with Gasteiger partial charge in [-0.05, 0) is 38.5 Å². The lowest BCUT2D eigenvalue weighted by Crippen LogP contribution is -2.13. The molecule has 0 aromatic carbocycles. The second-order valence-electron chi connectivity index (χ2n) is 6.25. The molecule has 0 aromatic rings. The summed E-state index contributed by atoms with van der Waals surface area (Å²) in [6, 6.07) is 0. The predicted molar refractivity (Wildman–Crippen MR) is 97.0 cm³/mol. The fourth-order valence-electron chi connectivity index (χ4n) is 2.50. The highest BCUT2D eigenvalue weighted by Gasteiger charge is 2.42. The van der Waals surface area contributed by atoms with Crippen molar-refractivity contribution in [2.24, 2.45) is 0 Å². The average molecular weight is 336 g/mol. The Balaban J connectivity index is 2.04. The van der Waals surface area contributed by atoms with E-state index in [2.05, 4.69) is 19.1 Å². The Bertz CT molecular complexity index is 425. The zero-order chi connectivity index (χ0) is 17.6. The van der Waals surface area contributed by atoms with Crippen molar-refractivity contribution in [1.29, 1.82) is 0 Å². The lowest BCUT2D eigenvalue weighted by molar-refractivity contribution is -0.137. The lowest BCUT2D eigenvalue weighted by Gasteiger charge is -1.99. The van der Waals surface area contributed by atoms with Gasteiger partial charge in [-0.2, -0.15) is 0 Å². The molecule has 1 aliphatic rings. The van der Waals surface area contributed by atoms with Crippen molar-refractivity contribution in [2.75, 3.05) is 0 Å². The Hall–Kier alpha value is -1.39. The SMILES string of the molecule is CCCCC/C=C\C/C=C\[C@H](O)[C@H]1O[C@H]1C/C=C\CCCC(=O)O. The van der Waals surface area contributed by atoms with E-state index in [1.807, 2.05) is 24.3 Å². The van der Waals surface area contributed by atoms with Gasteiger partial charge in [0.2, 0.25) is 0 Å². The first-order valence-electron chi connectivity index (χ1n) is 9.17. The Morgan fingerprint density at radius 3 is 2.58 bits per heavy atom. The van der Waals surface area contributed by atoms with Crippen molar-refractivity contribution < 1.29 is 19.7 Å². The highest BCUT2D eigenvalue weighted by atomic mass is 16.6. The van der Waals surface area contributed by atoms with E-state index in [1.165, 1.54) is 19.3 Å². The molecule has 1 saturated heterocycles. The number of rotatable bonds is 14. The Morgan fingerprint density at radius 2 is 1.83 bits per heavy atom. The van der Waals surface area contributed by atoms with Crippen LogP contribution in [0.5, 0.6) is 0 Å². The molecule has 4 heteroatoms. The second kappa shape index (κ2) is 13.0.